The average molecular weight is 262 g/mol. The second-order valence-corrected chi connectivity index (χ2v) is 5.01. The Hall–Kier alpha value is -0.480. The summed E-state index contributed by atoms with van der Waals surface area (Å²) < 4.78 is 0. The maximum absolute atomic E-state index is 12.2. The number of halogens is 1. The first-order valence-electron chi connectivity index (χ1n) is 6.57. The zero-order valence-corrected chi connectivity index (χ0v) is 11.3. The summed E-state index contributed by atoms with van der Waals surface area (Å²) in [6.07, 6.45) is 6.79. The van der Waals surface area contributed by atoms with Crippen LogP contribution in [-0.4, -0.2) is 48.1 Å². The number of carbonyl (C=O) groups excluding carboxylic acids is 1. The molecule has 0 atom stereocenters. The minimum atomic E-state index is 0. The van der Waals surface area contributed by atoms with E-state index in [1.807, 2.05) is 9.80 Å². The molecule has 0 unspecified atom stereocenters. The standard InChI is InChI=1S/C12H23N3O.ClH/c13-11-5-9-15(10-6-11)12(16)14-7-3-1-2-4-8-14;/h11H,1-10,13H2;1H. The number of rotatable bonds is 0. The Labute approximate surface area is 110 Å². The van der Waals surface area contributed by atoms with Crippen LogP contribution >= 0.6 is 12.4 Å². The number of carbonyl (C=O) groups is 1. The number of nitrogens with two attached hydrogens (primary N) is 1. The average Bonchev–Trinajstić information content (AvgIpc) is 2.57. The second-order valence-electron chi connectivity index (χ2n) is 5.01. The highest BCUT2D eigenvalue weighted by Gasteiger charge is 2.25. The van der Waals surface area contributed by atoms with Crippen molar-refractivity contribution in [3.05, 3.63) is 0 Å². The topological polar surface area (TPSA) is 49.6 Å². The van der Waals surface area contributed by atoms with Gasteiger partial charge in [-0.2, -0.15) is 0 Å². The largest absolute Gasteiger partial charge is 0.328 e. The van der Waals surface area contributed by atoms with Gasteiger partial charge in [0.05, 0.1) is 0 Å². The first-order valence-corrected chi connectivity index (χ1v) is 6.57. The summed E-state index contributed by atoms with van der Waals surface area (Å²) in [6.45, 7) is 3.58. The summed E-state index contributed by atoms with van der Waals surface area (Å²) in [4.78, 5) is 16.2. The van der Waals surface area contributed by atoms with Crippen molar-refractivity contribution in [3.63, 3.8) is 0 Å². The normalized spacial score (nSPS) is 22.9. The maximum Gasteiger partial charge on any atom is 0.319 e. The van der Waals surface area contributed by atoms with Crippen LogP contribution in [0.2, 0.25) is 0 Å². The molecule has 2 N–H and O–H groups in total. The van der Waals surface area contributed by atoms with Crippen molar-refractivity contribution in [2.24, 2.45) is 5.73 Å². The van der Waals surface area contributed by atoms with E-state index in [1.165, 1.54) is 25.7 Å². The van der Waals surface area contributed by atoms with Gasteiger partial charge in [-0.1, -0.05) is 12.8 Å². The van der Waals surface area contributed by atoms with Gasteiger partial charge >= 0.3 is 6.03 Å². The molecule has 0 aromatic heterocycles. The van der Waals surface area contributed by atoms with E-state index in [-0.39, 0.29) is 18.4 Å². The quantitative estimate of drug-likeness (QED) is 0.723. The lowest BCUT2D eigenvalue weighted by Crippen LogP contribution is -2.49. The predicted molar refractivity (Wildman–Crippen MR) is 71.5 cm³/mol. The van der Waals surface area contributed by atoms with Crippen LogP contribution in [0, 0.1) is 0 Å². The summed E-state index contributed by atoms with van der Waals surface area (Å²) in [5.74, 6) is 0. The van der Waals surface area contributed by atoms with Crippen molar-refractivity contribution in [1.82, 2.24) is 9.80 Å². The summed E-state index contributed by atoms with van der Waals surface area (Å²) >= 11 is 0. The minimum Gasteiger partial charge on any atom is -0.328 e. The second kappa shape index (κ2) is 7.07. The van der Waals surface area contributed by atoms with E-state index in [0.29, 0.717) is 6.04 Å². The molecular weight excluding hydrogens is 238 g/mol. The number of likely N-dealkylation sites (tertiary alicyclic amines) is 2. The Balaban J connectivity index is 0.00000144. The van der Waals surface area contributed by atoms with Gasteiger partial charge in [0.25, 0.3) is 0 Å². The van der Waals surface area contributed by atoms with Gasteiger partial charge in [0.2, 0.25) is 0 Å². The molecule has 0 saturated carbocycles. The molecule has 0 spiro atoms. The van der Waals surface area contributed by atoms with Gasteiger partial charge in [0.1, 0.15) is 0 Å². The van der Waals surface area contributed by atoms with Crippen molar-refractivity contribution in [2.45, 2.75) is 44.6 Å². The highest BCUT2D eigenvalue weighted by atomic mass is 35.5. The third kappa shape index (κ3) is 4.03. The molecule has 0 bridgehead atoms. The Bertz CT molecular complexity index is 234. The van der Waals surface area contributed by atoms with Crippen LogP contribution < -0.4 is 5.73 Å². The molecule has 2 fully saturated rings. The van der Waals surface area contributed by atoms with Gasteiger partial charge in [-0.15, -0.1) is 12.4 Å². The van der Waals surface area contributed by atoms with Gasteiger partial charge in [0.15, 0.2) is 0 Å². The fourth-order valence-electron chi connectivity index (χ4n) is 2.55. The minimum absolute atomic E-state index is 0. The summed E-state index contributed by atoms with van der Waals surface area (Å²) in [5.41, 5.74) is 5.85. The zero-order valence-electron chi connectivity index (χ0n) is 10.4. The lowest BCUT2D eigenvalue weighted by Gasteiger charge is -2.34. The molecular formula is C12H24ClN3O. The van der Waals surface area contributed by atoms with Crippen LogP contribution in [0.5, 0.6) is 0 Å². The molecule has 2 heterocycles. The zero-order chi connectivity index (χ0) is 11.4. The Morgan fingerprint density at radius 1 is 0.882 bits per heavy atom. The van der Waals surface area contributed by atoms with Crippen LogP contribution in [0.1, 0.15) is 38.5 Å². The van der Waals surface area contributed by atoms with E-state index in [9.17, 15) is 4.79 Å². The molecule has 2 amide bonds. The lowest BCUT2D eigenvalue weighted by molar-refractivity contribution is 0.141. The molecule has 100 valence electrons. The Morgan fingerprint density at radius 2 is 1.35 bits per heavy atom. The van der Waals surface area contributed by atoms with Gasteiger partial charge in [-0.3, -0.25) is 0 Å². The molecule has 17 heavy (non-hydrogen) atoms. The van der Waals surface area contributed by atoms with E-state index in [1.54, 1.807) is 0 Å². The maximum atomic E-state index is 12.2. The fraction of sp³-hybridized carbons (Fsp3) is 0.917. The van der Waals surface area contributed by atoms with E-state index < -0.39 is 0 Å². The first-order chi connectivity index (χ1) is 7.77. The van der Waals surface area contributed by atoms with Crippen molar-refractivity contribution in [2.75, 3.05) is 26.2 Å². The smallest absolute Gasteiger partial charge is 0.319 e. The van der Waals surface area contributed by atoms with Gasteiger partial charge in [-0.05, 0) is 25.7 Å². The van der Waals surface area contributed by atoms with Crippen LogP contribution in [0.4, 0.5) is 4.79 Å². The van der Waals surface area contributed by atoms with Gasteiger partial charge in [-0.25, -0.2) is 4.79 Å². The van der Waals surface area contributed by atoms with Crippen LogP contribution in [0.15, 0.2) is 0 Å². The number of amides is 2. The third-order valence-corrected chi connectivity index (χ3v) is 3.69. The van der Waals surface area contributed by atoms with E-state index in [2.05, 4.69) is 0 Å². The molecule has 4 nitrogen and oxygen atoms in total. The Morgan fingerprint density at radius 3 is 1.88 bits per heavy atom. The van der Waals surface area contributed by atoms with Crippen LogP contribution in [-0.2, 0) is 0 Å². The third-order valence-electron chi connectivity index (χ3n) is 3.69. The molecule has 5 heteroatoms. The molecule has 2 saturated heterocycles. The van der Waals surface area contributed by atoms with E-state index in [4.69, 9.17) is 5.73 Å². The van der Waals surface area contributed by atoms with Crippen molar-refractivity contribution >= 4 is 18.4 Å². The number of hydrogen-bond donors (Lipinski definition) is 1. The highest BCUT2D eigenvalue weighted by molar-refractivity contribution is 5.85. The first kappa shape index (κ1) is 14.6. The van der Waals surface area contributed by atoms with Crippen LogP contribution in [0.25, 0.3) is 0 Å². The fourth-order valence-corrected chi connectivity index (χ4v) is 2.55. The summed E-state index contributed by atoms with van der Waals surface area (Å²) in [6, 6.07) is 0.544. The molecule has 2 rings (SSSR count). The number of nitrogens with zero attached hydrogens (tertiary/aromatic N) is 2. The summed E-state index contributed by atoms with van der Waals surface area (Å²) in [5, 5.41) is 0. The Kier molecular flexibility index (Phi) is 6.06. The van der Waals surface area contributed by atoms with Crippen molar-refractivity contribution in [3.8, 4) is 0 Å². The molecule has 2 aliphatic rings. The molecule has 0 aromatic carbocycles. The van der Waals surface area contributed by atoms with Crippen molar-refractivity contribution in [1.29, 1.82) is 0 Å². The number of hydrogen-bond acceptors (Lipinski definition) is 2. The molecule has 0 radical (unpaired) electrons. The van der Waals surface area contributed by atoms with Crippen LogP contribution in [0.3, 0.4) is 0 Å². The molecule has 0 aromatic rings. The predicted octanol–water partition coefficient (Wildman–Crippen LogP) is 1.83. The van der Waals surface area contributed by atoms with Crippen molar-refractivity contribution < 1.29 is 4.79 Å². The van der Waals surface area contributed by atoms with E-state index in [0.717, 1.165) is 39.0 Å². The van der Waals surface area contributed by atoms with E-state index >= 15 is 0 Å². The summed E-state index contributed by atoms with van der Waals surface area (Å²) in [7, 11) is 0. The van der Waals surface area contributed by atoms with Gasteiger partial charge < -0.3 is 15.5 Å². The number of urea groups is 1. The highest BCUT2D eigenvalue weighted by Crippen LogP contribution is 2.15. The number of piperidine rings is 1. The SMILES string of the molecule is Cl.NC1CCN(C(=O)N2CCCCCC2)CC1. The molecule has 2 aliphatic heterocycles. The van der Waals surface area contributed by atoms with Gasteiger partial charge in [0, 0.05) is 32.2 Å². The molecule has 0 aliphatic carbocycles. The monoisotopic (exact) mass is 261 g/mol. The lowest BCUT2D eigenvalue weighted by atomic mass is 10.1.